The maximum Gasteiger partial charge on any atom is 0.326 e. The predicted octanol–water partition coefficient (Wildman–Crippen LogP) is 1.76. The molecule has 0 radical (unpaired) electrons. The van der Waals surface area contributed by atoms with E-state index >= 15 is 0 Å². The fraction of sp³-hybridized carbons (Fsp3) is 0.492. The molecule has 14 N–H and O–H groups in total. The van der Waals surface area contributed by atoms with Crippen molar-refractivity contribution in [3.63, 3.8) is 0 Å². The lowest BCUT2D eigenvalue weighted by Crippen LogP contribution is -2.62. The van der Waals surface area contributed by atoms with Gasteiger partial charge in [0.1, 0.15) is 60.1 Å². The van der Waals surface area contributed by atoms with Gasteiger partial charge >= 0.3 is 5.97 Å². The van der Waals surface area contributed by atoms with Gasteiger partial charge in [0.2, 0.25) is 53.2 Å². The van der Waals surface area contributed by atoms with Gasteiger partial charge in [-0.1, -0.05) is 109 Å². The van der Waals surface area contributed by atoms with Crippen LogP contribution in [0.5, 0.6) is 5.75 Å². The van der Waals surface area contributed by atoms with Gasteiger partial charge in [0.15, 0.2) is 0 Å². The molecule has 9 amide bonds. The zero-order valence-electron chi connectivity index (χ0n) is 48.9. The van der Waals surface area contributed by atoms with E-state index in [1.165, 1.54) is 49.9 Å². The average Bonchev–Trinajstić information content (AvgIpc) is 4.04. The van der Waals surface area contributed by atoms with Crippen LogP contribution in [-0.4, -0.2) is 153 Å². The van der Waals surface area contributed by atoms with Crippen LogP contribution in [0, 0.1) is 17.8 Å². The number of carbonyl (C=O) groups is 10. The molecular formula is C59H83N11O12S2. The van der Waals surface area contributed by atoms with Crippen molar-refractivity contribution in [3.05, 3.63) is 102 Å². The van der Waals surface area contributed by atoms with Gasteiger partial charge in [-0.15, -0.1) is 0 Å². The van der Waals surface area contributed by atoms with E-state index in [4.69, 9.17) is 5.73 Å². The molecule has 84 heavy (non-hydrogen) atoms. The lowest BCUT2D eigenvalue weighted by atomic mass is 9.97. The summed E-state index contributed by atoms with van der Waals surface area (Å²) < 4.78 is 0. The fourth-order valence-corrected chi connectivity index (χ4v) is 9.59. The molecule has 4 rings (SSSR count). The number of hydrogen-bond donors (Lipinski definition) is 14. The number of nitrogens with one attached hydrogen (secondary N) is 10. The molecule has 11 atom stereocenters. The Morgan fingerprint density at radius 1 is 0.536 bits per heavy atom. The smallest absolute Gasteiger partial charge is 0.326 e. The first-order chi connectivity index (χ1) is 39.8. The summed E-state index contributed by atoms with van der Waals surface area (Å²) >= 11 is 5.77. The molecule has 0 fully saturated rings. The molecule has 23 nitrogen and oxygen atoms in total. The lowest BCUT2D eigenvalue weighted by Gasteiger charge is -2.30. The number of H-pyrrole nitrogens is 1. The Kier molecular flexibility index (Phi) is 27.5. The molecule has 0 bridgehead atoms. The number of para-hydroxylation sites is 1. The van der Waals surface area contributed by atoms with Gasteiger partial charge < -0.3 is 68.8 Å². The Hall–Kier alpha value is -7.64. The molecule has 1 aromatic heterocycles. The van der Waals surface area contributed by atoms with Crippen LogP contribution in [0.1, 0.15) is 84.9 Å². The number of thiol groups is 1. The number of carbonyl (C=O) groups excluding carboxylic acids is 9. The average molecular weight is 1200 g/mol. The van der Waals surface area contributed by atoms with E-state index in [-0.39, 0.29) is 43.1 Å². The number of hydrogen-bond acceptors (Lipinski definition) is 14. The Morgan fingerprint density at radius 2 is 1.01 bits per heavy atom. The second-order valence-electron chi connectivity index (χ2n) is 21.6. The van der Waals surface area contributed by atoms with E-state index in [0.717, 1.165) is 16.5 Å². The second-order valence-corrected chi connectivity index (χ2v) is 22.9. The molecule has 25 heteroatoms. The van der Waals surface area contributed by atoms with Gasteiger partial charge in [-0.3, -0.25) is 43.2 Å². The Bertz CT molecular complexity index is 2890. The fourth-order valence-electron chi connectivity index (χ4n) is 8.86. The molecule has 458 valence electrons. The molecule has 1 heterocycles. The van der Waals surface area contributed by atoms with Crippen LogP contribution >= 0.6 is 24.4 Å². The summed E-state index contributed by atoms with van der Waals surface area (Å²) in [7, 11) is 0. The van der Waals surface area contributed by atoms with Crippen molar-refractivity contribution in [3.8, 4) is 5.75 Å². The minimum atomic E-state index is -1.36. The Labute approximate surface area is 499 Å². The maximum absolute atomic E-state index is 14.6. The normalized spacial score (nSPS) is 15.2. The number of thioether (sulfide) groups is 1. The molecule has 0 unspecified atom stereocenters. The number of phenolic OH excluding ortho intramolecular Hbond substituents is 1. The van der Waals surface area contributed by atoms with Crippen molar-refractivity contribution in [1.29, 1.82) is 0 Å². The molecule has 0 aliphatic heterocycles. The number of nitrogens with two attached hydrogens (primary N) is 1. The number of carboxylic acid groups (broad SMARTS) is 1. The van der Waals surface area contributed by atoms with Gasteiger partial charge in [-0.2, -0.15) is 24.4 Å². The summed E-state index contributed by atoms with van der Waals surface area (Å²) in [5.74, 6) is -9.31. The third kappa shape index (κ3) is 20.9. The molecule has 0 spiro atoms. The zero-order valence-corrected chi connectivity index (χ0v) is 50.7. The van der Waals surface area contributed by atoms with Gasteiger partial charge in [0, 0.05) is 35.7 Å². The van der Waals surface area contributed by atoms with Crippen molar-refractivity contribution >= 4 is 94.4 Å². The standard InChI is InChI=1S/C59H83N11O12S2/c1-10-33(6)49(70-52(74)41(60)26-36-16-12-11-13-17-36)58(80)67-46(30-83)55(77)65-44(28-38-29-61-42-19-15-14-18-40(38)42)54(76)68-48(32(4)5)57(79)69-47(31(2)3)56(78)63-35(8)50(72)64-43(24-25-84-9)53(75)62-34(7)51(73)66-45(59(81)82)27-37-20-22-39(71)23-21-37/h11-23,29,31-35,41,43-49,61,71,83H,10,24-28,30,60H2,1-9H3,(H,62,75)(H,63,78)(H,64,72)(H,65,77)(H,66,73)(H,67,80)(H,68,76)(H,69,79)(H,70,74)(H,81,82)/t33-,34-,35-,41-,43-,44-,45-,46-,47-,48-,49-/m0/s1. The number of aliphatic carboxylic acids is 1. The third-order valence-electron chi connectivity index (χ3n) is 14.2. The molecule has 0 aliphatic rings. The van der Waals surface area contributed by atoms with E-state index in [2.05, 4.69) is 65.5 Å². The number of fused-ring (bicyclic) bond motifs is 1. The first kappa shape index (κ1) is 68.9. The van der Waals surface area contributed by atoms with Crippen LogP contribution in [-0.2, 0) is 67.2 Å². The number of aromatic nitrogens is 1. The summed E-state index contributed by atoms with van der Waals surface area (Å²) in [5.41, 5.74) is 9.03. The highest BCUT2D eigenvalue weighted by Gasteiger charge is 2.37. The molecular weight excluding hydrogens is 1120 g/mol. The van der Waals surface area contributed by atoms with E-state index in [9.17, 15) is 58.2 Å². The number of aromatic amines is 1. The van der Waals surface area contributed by atoms with E-state index in [1.807, 2.05) is 61.5 Å². The van der Waals surface area contributed by atoms with Gasteiger partial charge in [0.25, 0.3) is 0 Å². The Balaban J connectivity index is 1.46. The minimum absolute atomic E-state index is 0.0183. The minimum Gasteiger partial charge on any atom is -0.508 e. The topological polar surface area (TPSA) is 361 Å². The highest BCUT2D eigenvalue weighted by molar-refractivity contribution is 7.98. The largest absolute Gasteiger partial charge is 0.508 e. The lowest BCUT2D eigenvalue weighted by molar-refractivity contribution is -0.142. The number of amides is 9. The van der Waals surface area contributed by atoms with Crippen LogP contribution in [0.2, 0.25) is 0 Å². The number of rotatable bonds is 33. The molecule has 0 aliphatic carbocycles. The maximum atomic E-state index is 14.6. The van der Waals surface area contributed by atoms with Crippen molar-refractivity contribution in [2.24, 2.45) is 23.5 Å². The molecule has 3 aromatic carbocycles. The number of phenols is 1. The first-order valence-corrected chi connectivity index (χ1v) is 30.0. The van der Waals surface area contributed by atoms with Crippen molar-refractivity contribution in [2.75, 3.05) is 17.8 Å². The van der Waals surface area contributed by atoms with Crippen molar-refractivity contribution in [1.82, 2.24) is 52.8 Å². The van der Waals surface area contributed by atoms with Gasteiger partial charge in [-0.05, 0) is 91.3 Å². The van der Waals surface area contributed by atoms with Crippen LogP contribution < -0.4 is 53.6 Å². The van der Waals surface area contributed by atoms with Crippen LogP contribution in [0.15, 0.2) is 85.1 Å². The van der Waals surface area contributed by atoms with Crippen LogP contribution in [0.3, 0.4) is 0 Å². The third-order valence-corrected chi connectivity index (χ3v) is 15.2. The predicted molar refractivity (Wildman–Crippen MR) is 324 cm³/mol. The van der Waals surface area contributed by atoms with Gasteiger partial charge in [-0.25, -0.2) is 4.79 Å². The van der Waals surface area contributed by atoms with Crippen molar-refractivity contribution < 1.29 is 58.2 Å². The molecule has 0 saturated carbocycles. The quantitative estimate of drug-likeness (QED) is 0.0303. The van der Waals surface area contributed by atoms with E-state index in [0.29, 0.717) is 23.3 Å². The van der Waals surface area contributed by atoms with E-state index in [1.54, 1.807) is 47.1 Å². The summed E-state index contributed by atoms with van der Waals surface area (Å²) in [6.45, 7) is 13.0. The summed E-state index contributed by atoms with van der Waals surface area (Å²) in [6.07, 6.45) is 4.12. The summed E-state index contributed by atoms with van der Waals surface area (Å²) in [4.78, 5) is 140. The highest BCUT2D eigenvalue weighted by Crippen LogP contribution is 2.20. The monoisotopic (exact) mass is 1200 g/mol. The first-order valence-electron chi connectivity index (χ1n) is 28.0. The summed E-state index contributed by atoms with van der Waals surface area (Å²) in [6, 6.07) is 9.99. The van der Waals surface area contributed by atoms with Gasteiger partial charge in [0.05, 0.1) is 6.04 Å². The SMILES string of the molecule is CC[C@H](C)[C@H](NC(=O)[C@@H](N)Cc1ccccc1)C(=O)N[C@@H](CS)C(=O)N[C@@H](Cc1c[nH]c2ccccc12)C(=O)N[C@H](C(=O)N[C@H](C(=O)N[C@@H](C)C(=O)N[C@@H](CCSC)C(=O)N[C@@H](C)C(=O)N[C@@H](Cc1ccc(O)cc1)C(=O)O)C(C)C)C(C)C. The zero-order chi connectivity index (χ0) is 62.4. The van der Waals surface area contributed by atoms with Crippen LogP contribution in [0.4, 0.5) is 0 Å². The van der Waals surface area contributed by atoms with E-state index < -0.39 is 131 Å². The highest BCUT2D eigenvalue weighted by atomic mass is 32.2. The number of aromatic hydroxyl groups is 1. The second kappa shape index (κ2) is 33.6. The molecule has 4 aromatic rings. The molecule has 0 saturated heterocycles. The number of carboxylic acids is 1. The van der Waals surface area contributed by atoms with Crippen molar-refractivity contribution in [2.45, 2.75) is 148 Å². The number of benzene rings is 3. The summed E-state index contributed by atoms with van der Waals surface area (Å²) in [5, 5.41) is 44.0. The van der Waals surface area contributed by atoms with Crippen LogP contribution in [0.25, 0.3) is 10.9 Å². The Morgan fingerprint density at radius 3 is 1.58 bits per heavy atom.